The number of methoxy groups -OCH3 is 2. The number of hydrazone groups is 1. The molecular formula is C19H19ClN2O3. The molecule has 1 aliphatic carbocycles. The van der Waals surface area contributed by atoms with E-state index in [0.717, 1.165) is 17.5 Å². The van der Waals surface area contributed by atoms with E-state index in [1.54, 1.807) is 32.6 Å². The van der Waals surface area contributed by atoms with Crippen LogP contribution >= 0.6 is 11.6 Å². The molecule has 1 saturated carbocycles. The summed E-state index contributed by atoms with van der Waals surface area (Å²) in [4.78, 5) is 12.2. The number of nitrogens with zero attached hydrogens (tertiary/aromatic N) is 1. The molecule has 6 heteroatoms. The second-order valence-electron chi connectivity index (χ2n) is 5.82. The van der Waals surface area contributed by atoms with Crippen molar-refractivity contribution < 1.29 is 14.3 Å². The van der Waals surface area contributed by atoms with E-state index in [-0.39, 0.29) is 17.7 Å². The molecule has 1 amide bonds. The predicted octanol–water partition coefficient (Wildman–Crippen LogP) is 3.61. The van der Waals surface area contributed by atoms with Crippen LogP contribution in [-0.4, -0.2) is 26.3 Å². The maximum Gasteiger partial charge on any atom is 0.243 e. The van der Waals surface area contributed by atoms with Crippen molar-refractivity contribution in [2.75, 3.05) is 14.2 Å². The van der Waals surface area contributed by atoms with Gasteiger partial charge in [0.25, 0.3) is 0 Å². The summed E-state index contributed by atoms with van der Waals surface area (Å²) in [5, 5.41) is 4.74. The number of hydrogen-bond donors (Lipinski definition) is 1. The summed E-state index contributed by atoms with van der Waals surface area (Å²) >= 11 is 6.18. The van der Waals surface area contributed by atoms with E-state index in [2.05, 4.69) is 10.5 Å². The van der Waals surface area contributed by atoms with Crippen molar-refractivity contribution in [2.45, 2.75) is 12.3 Å². The van der Waals surface area contributed by atoms with E-state index >= 15 is 0 Å². The zero-order chi connectivity index (χ0) is 17.8. The van der Waals surface area contributed by atoms with E-state index in [1.807, 2.05) is 30.3 Å². The fraction of sp³-hybridized carbons (Fsp3) is 0.263. The first-order valence-corrected chi connectivity index (χ1v) is 8.31. The lowest BCUT2D eigenvalue weighted by Gasteiger charge is -2.07. The summed E-state index contributed by atoms with van der Waals surface area (Å²) in [5.41, 5.74) is 4.42. The molecular weight excluding hydrogens is 340 g/mol. The molecule has 0 bridgehead atoms. The number of rotatable bonds is 6. The summed E-state index contributed by atoms with van der Waals surface area (Å²) in [6.45, 7) is 0. The summed E-state index contributed by atoms with van der Waals surface area (Å²) in [5.74, 6) is 1.25. The van der Waals surface area contributed by atoms with E-state index in [0.29, 0.717) is 16.5 Å². The van der Waals surface area contributed by atoms with Gasteiger partial charge >= 0.3 is 0 Å². The molecule has 2 aromatic rings. The van der Waals surface area contributed by atoms with Gasteiger partial charge in [0.15, 0.2) is 11.5 Å². The van der Waals surface area contributed by atoms with E-state index in [1.165, 1.54) is 0 Å². The quantitative estimate of drug-likeness (QED) is 0.634. The highest BCUT2D eigenvalue weighted by molar-refractivity contribution is 6.31. The molecule has 0 saturated heterocycles. The predicted molar refractivity (Wildman–Crippen MR) is 97.6 cm³/mol. The molecule has 0 aliphatic heterocycles. The van der Waals surface area contributed by atoms with Crippen molar-refractivity contribution in [3.05, 3.63) is 58.6 Å². The van der Waals surface area contributed by atoms with Crippen molar-refractivity contribution in [3.63, 3.8) is 0 Å². The molecule has 0 heterocycles. The first kappa shape index (κ1) is 17.3. The summed E-state index contributed by atoms with van der Waals surface area (Å²) in [6.07, 6.45) is 2.37. The Balaban J connectivity index is 1.58. The smallest absolute Gasteiger partial charge is 0.243 e. The minimum atomic E-state index is -0.0957. The number of benzene rings is 2. The number of nitrogens with one attached hydrogen (secondary N) is 1. The van der Waals surface area contributed by atoms with Crippen LogP contribution in [0, 0.1) is 5.92 Å². The van der Waals surface area contributed by atoms with E-state index in [4.69, 9.17) is 21.1 Å². The molecule has 1 N–H and O–H groups in total. The maximum absolute atomic E-state index is 12.2. The van der Waals surface area contributed by atoms with Gasteiger partial charge in [-0.25, -0.2) is 5.43 Å². The molecule has 0 radical (unpaired) electrons. The van der Waals surface area contributed by atoms with Gasteiger partial charge in [-0.2, -0.15) is 5.10 Å². The Kier molecular flexibility index (Phi) is 5.24. The number of ether oxygens (including phenoxy) is 2. The number of carbonyl (C=O) groups excluding carboxylic acids is 1. The lowest BCUT2D eigenvalue weighted by atomic mass is 10.1. The highest BCUT2D eigenvalue weighted by Gasteiger charge is 2.44. The second-order valence-corrected chi connectivity index (χ2v) is 6.23. The van der Waals surface area contributed by atoms with Crippen LogP contribution in [0.1, 0.15) is 23.5 Å². The Labute approximate surface area is 151 Å². The first-order valence-electron chi connectivity index (χ1n) is 7.93. The Hall–Kier alpha value is -2.53. The van der Waals surface area contributed by atoms with Gasteiger partial charge in [0, 0.05) is 10.9 Å². The van der Waals surface area contributed by atoms with Crippen LogP contribution in [0.5, 0.6) is 11.5 Å². The van der Waals surface area contributed by atoms with Crippen LogP contribution in [0.15, 0.2) is 47.6 Å². The average Bonchev–Trinajstić information content (AvgIpc) is 3.42. The lowest BCUT2D eigenvalue weighted by molar-refractivity contribution is -0.122. The van der Waals surface area contributed by atoms with Crippen LogP contribution in [0.2, 0.25) is 5.02 Å². The molecule has 130 valence electrons. The normalized spacial score (nSPS) is 18.8. The fourth-order valence-electron chi connectivity index (χ4n) is 2.79. The monoisotopic (exact) mass is 358 g/mol. The molecule has 0 aromatic heterocycles. The summed E-state index contributed by atoms with van der Waals surface area (Å²) < 4.78 is 10.4. The van der Waals surface area contributed by atoms with Gasteiger partial charge in [0.1, 0.15) is 0 Å². The van der Waals surface area contributed by atoms with Crippen LogP contribution in [-0.2, 0) is 4.79 Å². The van der Waals surface area contributed by atoms with Crippen molar-refractivity contribution in [1.82, 2.24) is 5.43 Å². The molecule has 25 heavy (non-hydrogen) atoms. The third kappa shape index (κ3) is 3.94. The highest BCUT2D eigenvalue weighted by atomic mass is 35.5. The maximum atomic E-state index is 12.2. The van der Waals surface area contributed by atoms with Crippen LogP contribution < -0.4 is 14.9 Å². The van der Waals surface area contributed by atoms with Crippen molar-refractivity contribution >= 4 is 23.7 Å². The van der Waals surface area contributed by atoms with Gasteiger partial charge < -0.3 is 9.47 Å². The Morgan fingerprint density at radius 2 is 1.96 bits per heavy atom. The fourth-order valence-corrected chi connectivity index (χ4v) is 3.07. The Bertz CT molecular complexity index is 807. The molecule has 1 fully saturated rings. The van der Waals surface area contributed by atoms with Crippen LogP contribution in [0.3, 0.4) is 0 Å². The molecule has 1 aliphatic rings. The van der Waals surface area contributed by atoms with Crippen molar-refractivity contribution in [3.8, 4) is 11.5 Å². The van der Waals surface area contributed by atoms with Gasteiger partial charge in [-0.15, -0.1) is 0 Å². The second kappa shape index (κ2) is 7.57. The van der Waals surface area contributed by atoms with Crippen LogP contribution in [0.4, 0.5) is 0 Å². The van der Waals surface area contributed by atoms with Gasteiger partial charge in [-0.1, -0.05) is 29.8 Å². The van der Waals surface area contributed by atoms with Crippen molar-refractivity contribution in [1.29, 1.82) is 0 Å². The minimum absolute atomic E-state index is 0.0811. The molecule has 2 unspecified atom stereocenters. The zero-order valence-electron chi connectivity index (χ0n) is 14.0. The minimum Gasteiger partial charge on any atom is -0.493 e. The largest absolute Gasteiger partial charge is 0.493 e. The number of amides is 1. The van der Waals surface area contributed by atoms with Crippen LogP contribution in [0.25, 0.3) is 0 Å². The molecule has 3 rings (SSSR count). The number of halogens is 1. The first-order chi connectivity index (χ1) is 12.1. The van der Waals surface area contributed by atoms with Crippen molar-refractivity contribution in [2.24, 2.45) is 11.0 Å². The average molecular weight is 359 g/mol. The van der Waals surface area contributed by atoms with Gasteiger partial charge in [-0.05, 0) is 47.7 Å². The van der Waals surface area contributed by atoms with Gasteiger partial charge in [0.2, 0.25) is 5.91 Å². The molecule has 0 spiro atoms. The SMILES string of the molecule is COc1ccc(C=NNC(=O)C2CC2c2ccccc2Cl)cc1OC. The Morgan fingerprint density at radius 1 is 1.20 bits per heavy atom. The van der Waals surface area contributed by atoms with Gasteiger partial charge in [-0.3, -0.25) is 4.79 Å². The molecule has 2 atom stereocenters. The molecule has 5 nitrogen and oxygen atoms in total. The third-order valence-corrected chi connectivity index (χ3v) is 4.57. The lowest BCUT2D eigenvalue weighted by Crippen LogP contribution is -2.20. The topological polar surface area (TPSA) is 59.9 Å². The standard InChI is InChI=1S/C19H19ClN2O3/c1-24-17-8-7-12(9-18(17)25-2)11-21-22-19(23)15-10-14(15)13-5-3-4-6-16(13)20/h3-9,11,14-15H,10H2,1-2H3,(H,22,23). The van der Waals surface area contributed by atoms with E-state index < -0.39 is 0 Å². The number of carbonyl (C=O) groups is 1. The highest BCUT2D eigenvalue weighted by Crippen LogP contribution is 2.49. The third-order valence-electron chi connectivity index (χ3n) is 4.23. The summed E-state index contributed by atoms with van der Waals surface area (Å²) in [6, 6.07) is 13.0. The van der Waals surface area contributed by atoms with E-state index in [9.17, 15) is 4.79 Å². The van der Waals surface area contributed by atoms with Gasteiger partial charge in [0.05, 0.1) is 20.4 Å². The molecule has 2 aromatic carbocycles. The number of hydrogen-bond acceptors (Lipinski definition) is 4. The zero-order valence-corrected chi connectivity index (χ0v) is 14.8. The summed E-state index contributed by atoms with van der Waals surface area (Å²) in [7, 11) is 3.15. The Morgan fingerprint density at radius 3 is 2.68 bits per heavy atom.